The highest BCUT2D eigenvalue weighted by atomic mass is 16.5. The van der Waals surface area contributed by atoms with Gasteiger partial charge in [-0.2, -0.15) is 0 Å². The summed E-state index contributed by atoms with van der Waals surface area (Å²) in [6.45, 7) is 3.42. The number of carbonyl (C=O) groups is 2. The number of fused-ring (bicyclic) bond motifs is 1. The number of ether oxygens (including phenoxy) is 1. The van der Waals surface area contributed by atoms with Crippen molar-refractivity contribution in [2.45, 2.75) is 44.6 Å². The summed E-state index contributed by atoms with van der Waals surface area (Å²) in [5.41, 5.74) is 3.76. The summed E-state index contributed by atoms with van der Waals surface area (Å²) in [6, 6.07) is 16.4. The van der Waals surface area contributed by atoms with E-state index < -0.39 is 0 Å². The van der Waals surface area contributed by atoms with Crippen LogP contribution in [0.1, 0.15) is 48.4 Å². The largest absolute Gasteiger partial charge is 0.497 e. The van der Waals surface area contributed by atoms with Gasteiger partial charge in [0, 0.05) is 32.6 Å². The number of benzene rings is 2. The molecule has 1 N–H and O–H groups in total. The van der Waals surface area contributed by atoms with Gasteiger partial charge in [0.2, 0.25) is 11.8 Å². The zero-order valence-corrected chi connectivity index (χ0v) is 19.6. The first-order valence-corrected chi connectivity index (χ1v) is 12.1. The maximum Gasteiger partial charge on any atom is 0.234 e. The molecule has 6 nitrogen and oxygen atoms in total. The van der Waals surface area contributed by atoms with Gasteiger partial charge in [-0.05, 0) is 60.9 Å². The van der Waals surface area contributed by atoms with Gasteiger partial charge in [0.1, 0.15) is 5.75 Å². The topological polar surface area (TPSA) is 61.9 Å². The molecule has 2 aromatic rings. The van der Waals surface area contributed by atoms with Crippen LogP contribution < -0.4 is 10.1 Å². The fraction of sp³-hybridized carbons (Fsp3) is 0.481. The summed E-state index contributed by atoms with van der Waals surface area (Å²) < 4.78 is 5.19. The van der Waals surface area contributed by atoms with Crippen molar-refractivity contribution in [3.8, 4) is 5.75 Å². The molecule has 1 saturated heterocycles. The molecular formula is C27H35N3O3. The van der Waals surface area contributed by atoms with Crippen molar-refractivity contribution in [1.82, 2.24) is 15.1 Å². The number of nitrogens with zero attached hydrogens (tertiary/aromatic N) is 2. The van der Waals surface area contributed by atoms with E-state index in [1.807, 2.05) is 29.2 Å². The Morgan fingerprint density at radius 1 is 1.00 bits per heavy atom. The molecular weight excluding hydrogens is 414 g/mol. The van der Waals surface area contributed by atoms with Crippen molar-refractivity contribution in [1.29, 1.82) is 0 Å². The Morgan fingerprint density at radius 2 is 1.82 bits per heavy atom. The van der Waals surface area contributed by atoms with Crippen molar-refractivity contribution >= 4 is 11.8 Å². The molecule has 6 heteroatoms. The van der Waals surface area contributed by atoms with Crippen molar-refractivity contribution in [3.05, 3.63) is 65.2 Å². The quantitative estimate of drug-likeness (QED) is 0.704. The van der Waals surface area contributed by atoms with E-state index >= 15 is 0 Å². The molecule has 0 radical (unpaired) electrons. The minimum Gasteiger partial charge on any atom is -0.497 e. The van der Waals surface area contributed by atoms with Crippen molar-refractivity contribution in [2.75, 3.05) is 39.8 Å². The Bertz CT molecular complexity index is 944. The first-order valence-electron chi connectivity index (χ1n) is 12.1. The third-order valence-electron chi connectivity index (χ3n) is 6.80. The summed E-state index contributed by atoms with van der Waals surface area (Å²) in [4.78, 5) is 29.7. The van der Waals surface area contributed by atoms with E-state index in [4.69, 9.17) is 4.74 Å². The standard InChI is InChI=1S/C27H35N3O3/c1-33-23-13-10-21(11-14-23)12-15-27(32)30-17-5-16-29(18-19-30)20-26(31)28-25-9-4-7-22-6-2-3-8-24(22)25/h2-3,6,8,10-11,13-14,25H,4-5,7,9,12,15-20H2,1H3,(H,28,31). The van der Waals surface area contributed by atoms with E-state index in [1.54, 1.807) is 7.11 Å². The summed E-state index contributed by atoms with van der Waals surface area (Å²) >= 11 is 0. The van der Waals surface area contributed by atoms with Gasteiger partial charge in [-0.3, -0.25) is 14.5 Å². The molecule has 1 aliphatic heterocycles. The van der Waals surface area contributed by atoms with Gasteiger partial charge in [0.25, 0.3) is 0 Å². The molecule has 1 heterocycles. The smallest absolute Gasteiger partial charge is 0.234 e. The number of nitrogens with one attached hydrogen (secondary N) is 1. The number of hydrogen-bond acceptors (Lipinski definition) is 4. The van der Waals surface area contributed by atoms with Crippen LogP contribution >= 0.6 is 0 Å². The van der Waals surface area contributed by atoms with Gasteiger partial charge in [0.15, 0.2) is 0 Å². The molecule has 1 aliphatic carbocycles. The van der Waals surface area contributed by atoms with Crippen LogP contribution in [0.4, 0.5) is 0 Å². The van der Waals surface area contributed by atoms with Crippen LogP contribution in [0.5, 0.6) is 5.75 Å². The number of amides is 2. The highest BCUT2D eigenvalue weighted by Crippen LogP contribution is 2.29. The number of aryl methyl sites for hydroxylation is 2. The zero-order chi connectivity index (χ0) is 23.0. The highest BCUT2D eigenvalue weighted by Gasteiger charge is 2.24. The van der Waals surface area contributed by atoms with Crippen molar-refractivity contribution in [2.24, 2.45) is 0 Å². The predicted molar refractivity (Wildman–Crippen MR) is 129 cm³/mol. The maximum atomic E-state index is 12.8. The summed E-state index contributed by atoms with van der Waals surface area (Å²) in [7, 11) is 1.65. The van der Waals surface area contributed by atoms with Crippen LogP contribution in [0, 0.1) is 0 Å². The molecule has 2 aromatic carbocycles. The minimum atomic E-state index is 0.0796. The molecule has 0 spiro atoms. The van der Waals surface area contributed by atoms with Crippen LogP contribution in [0.2, 0.25) is 0 Å². The SMILES string of the molecule is COc1ccc(CCC(=O)N2CCCN(CC(=O)NC3CCCc4ccccc43)CC2)cc1. The van der Waals surface area contributed by atoms with Crippen LogP contribution in [-0.4, -0.2) is 61.4 Å². The molecule has 176 valence electrons. The van der Waals surface area contributed by atoms with Gasteiger partial charge in [-0.1, -0.05) is 36.4 Å². The average Bonchev–Trinajstić information content (AvgIpc) is 3.08. The van der Waals surface area contributed by atoms with Gasteiger partial charge in [0.05, 0.1) is 19.7 Å². The fourth-order valence-electron chi connectivity index (χ4n) is 4.93. The third kappa shape index (κ3) is 6.35. The Kier molecular flexibility index (Phi) is 8.00. The first kappa shape index (κ1) is 23.3. The molecule has 0 saturated carbocycles. The predicted octanol–water partition coefficient (Wildman–Crippen LogP) is 3.36. The molecule has 0 bridgehead atoms. The van der Waals surface area contributed by atoms with Gasteiger partial charge in [-0.15, -0.1) is 0 Å². The Balaban J connectivity index is 1.22. The van der Waals surface area contributed by atoms with Gasteiger partial charge < -0.3 is 15.0 Å². The lowest BCUT2D eigenvalue weighted by atomic mass is 9.88. The van der Waals surface area contributed by atoms with E-state index in [2.05, 4.69) is 34.5 Å². The van der Waals surface area contributed by atoms with Gasteiger partial charge in [-0.25, -0.2) is 0 Å². The lowest BCUT2D eigenvalue weighted by molar-refractivity contribution is -0.131. The number of methoxy groups -OCH3 is 1. The van der Waals surface area contributed by atoms with Crippen molar-refractivity contribution in [3.63, 3.8) is 0 Å². The number of rotatable bonds is 7. The van der Waals surface area contributed by atoms with Gasteiger partial charge >= 0.3 is 0 Å². The molecule has 2 amide bonds. The Hall–Kier alpha value is -2.86. The summed E-state index contributed by atoms with van der Waals surface area (Å²) in [5, 5.41) is 3.25. The Labute approximate surface area is 196 Å². The van der Waals surface area contributed by atoms with Crippen LogP contribution in [-0.2, 0) is 22.4 Å². The molecule has 1 atom stereocenters. The second-order valence-electron chi connectivity index (χ2n) is 9.07. The lowest BCUT2D eigenvalue weighted by Crippen LogP contribution is -2.41. The van der Waals surface area contributed by atoms with Crippen LogP contribution in [0.15, 0.2) is 48.5 Å². The van der Waals surface area contributed by atoms with Crippen LogP contribution in [0.3, 0.4) is 0 Å². The maximum absolute atomic E-state index is 12.8. The molecule has 1 fully saturated rings. The number of hydrogen-bond donors (Lipinski definition) is 1. The van der Waals surface area contributed by atoms with Crippen LogP contribution in [0.25, 0.3) is 0 Å². The van der Waals surface area contributed by atoms with E-state index in [1.165, 1.54) is 11.1 Å². The minimum absolute atomic E-state index is 0.0796. The second-order valence-corrected chi connectivity index (χ2v) is 9.07. The van der Waals surface area contributed by atoms with Crippen molar-refractivity contribution < 1.29 is 14.3 Å². The molecule has 33 heavy (non-hydrogen) atoms. The molecule has 2 aliphatic rings. The Morgan fingerprint density at radius 3 is 2.64 bits per heavy atom. The summed E-state index contributed by atoms with van der Waals surface area (Å²) in [6.07, 6.45) is 5.34. The fourth-order valence-corrected chi connectivity index (χ4v) is 4.93. The van der Waals surface area contributed by atoms with E-state index in [-0.39, 0.29) is 17.9 Å². The average molecular weight is 450 g/mol. The zero-order valence-electron chi connectivity index (χ0n) is 19.6. The van der Waals surface area contributed by atoms with E-state index in [0.717, 1.165) is 63.1 Å². The molecule has 0 aromatic heterocycles. The summed E-state index contributed by atoms with van der Waals surface area (Å²) in [5.74, 6) is 1.10. The highest BCUT2D eigenvalue weighted by molar-refractivity contribution is 5.79. The number of carbonyl (C=O) groups excluding carboxylic acids is 2. The molecule has 4 rings (SSSR count). The normalized spacial score (nSPS) is 18.8. The second kappa shape index (κ2) is 11.3. The molecule has 1 unspecified atom stereocenters. The third-order valence-corrected chi connectivity index (χ3v) is 6.80. The lowest BCUT2D eigenvalue weighted by Gasteiger charge is -2.28. The van der Waals surface area contributed by atoms with E-state index in [0.29, 0.717) is 19.5 Å². The monoisotopic (exact) mass is 449 g/mol. The van der Waals surface area contributed by atoms with E-state index in [9.17, 15) is 9.59 Å². The first-order chi connectivity index (χ1) is 16.1.